The van der Waals surface area contributed by atoms with E-state index in [-0.39, 0.29) is 0 Å². The molecule has 1 amide bonds. The van der Waals surface area contributed by atoms with Crippen molar-refractivity contribution in [3.05, 3.63) is 28.8 Å². The van der Waals surface area contributed by atoms with E-state index in [9.17, 15) is 23.1 Å². The number of nitrogens with zero attached hydrogens (tertiary/aromatic N) is 1. The molecule has 7 heteroatoms. The van der Waals surface area contributed by atoms with E-state index >= 15 is 0 Å². The number of halogens is 3. The third kappa shape index (κ3) is 2.56. The van der Waals surface area contributed by atoms with E-state index in [1.165, 1.54) is 0 Å². The number of amides is 1. The van der Waals surface area contributed by atoms with E-state index in [1.807, 2.05) is 13.0 Å². The molecule has 1 saturated heterocycles. The molecule has 2 N–H and O–H groups in total. The van der Waals surface area contributed by atoms with Crippen molar-refractivity contribution in [1.82, 2.24) is 4.90 Å². The van der Waals surface area contributed by atoms with Crippen LogP contribution in [0.25, 0.3) is 0 Å². The maximum absolute atomic E-state index is 12.7. The van der Waals surface area contributed by atoms with Crippen molar-refractivity contribution < 1.29 is 23.1 Å². The number of carbonyl (C=O) groups is 1. The Balaban J connectivity index is 1.88. The van der Waals surface area contributed by atoms with Crippen LogP contribution in [-0.4, -0.2) is 47.3 Å². The van der Waals surface area contributed by atoms with Crippen LogP contribution in [-0.2, 0) is 0 Å². The van der Waals surface area contributed by atoms with Crippen molar-refractivity contribution >= 4 is 11.6 Å². The summed E-state index contributed by atoms with van der Waals surface area (Å²) in [5.74, 6) is -0.179. The van der Waals surface area contributed by atoms with Gasteiger partial charge in [0.25, 0.3) is 5.91 Å². The topological polar surface area (TPSA) is 52.6 Å². The lowest BCUT2D eigenvalue weighted by molar-refractivity contribution is -0.294. The molecule has 1 aromatic carbocycles. The molecule has 23 heavy (non-hydrogen) atoms. The third-order valence-electron chi connectivity index (χ3n) is 4.67. The number of likely N-dealkylation sites (tertiary alicyclic amines) is 1. The van der Waals surface area contributed by atoms with Crippen LogP contribution in [0.2, 0.25) is 0 Å². The van der Waals surface area contributed by atoms with Gasteiger partial charge in [-0.25, -0.2) is 0 Å². The summed E-state index contributed by atoms with van der Waals surface area (Å²) in [6, 6.07) is 3.70. The number of aryl methyl sites for hydroxylation is 1. The van der Waals surface area contributed by atoms with E-state index in [0.717, 1.165) is 29.0 Å². The molecule has 2 heterocycles. The zero-order chi connectivity index (χ0) is 17.0. The number of hydrogen-bond acceptors (Lipinski definition) is 3. The van der Waals surface area contributed by atoms with Gasteiger partial charge in [0, 0.05) is 6.54 Å². The predicted molar refractivity (Wildman–Crippen MR) is 79.6 cm³/mol. The second-order valence-corrected chi connectivity index (χ2v) is 6.58. The normalized spacial score (nSPS) is 22.9. The zero-order valence-corrected chi connectivity index (χ0v) is 13.0. The van der Waals surface area contributed by atoms with Gasteiger partial charge >= 0.3 is 6.18 Å². The highest BCUT2D eigenvalue weighted by Gasteiger charge is 2.62. The fourth-order valence-corrected chi connectivity index (χ4v) is 3.22. The van der Waals surface area contributed by atoms with Gasteiger partial charge in [0.05, 0.1) is 24.3 Å². The minimum Gasteiger partial charge on any atom is -0.384 e. The highest BCUT2D eigenvalue weighted by atomic mass is 19.4. The Bertz CT molecular complexity index is 651. The Labute approximate surface area is 132 Å². The first-order chi connectivity index (χ1) is 10.6. The molecule has 0 radical (unpaired) electrons. The van der Waals surface area contributed by atoms with Crippen LogP contribution in [0.15, 0.2) is 12.1 Å². The third-order valence-corrected chi connectivity index (χ3v) is 4.67. The number of rotatable bonds is 1. The summed E-state index contributed by atoms with van der Waals surface area (Å²) >= 11 is 0. The number of β-amino-alcohol motifs (C(OH)–C–C–N with tert-alkyl or cyclic N) is 1. The second-order valence-electron chi connectivity index (χ2n) is 6.58. The molecular formula is C16H19F3N2O2. The predicted octanol–water partition coefficient (Wildman–Crippen LogP) is 2.66. The highest BCUT2D eigenvalue weighted by molar-refractivity contribution is 6.01. The van der Waals surface area contributed by atoms with Crippen molar-refractivity contribution in [1.29, 1.82) is 0 Å². The van der Waals surface area contributed by atoms with Crippen LogP contribution in [0.3, 0.4) is 0 Å². The Kier molecular flexibility index (Phi) is 3.59. The van der Waals surface area contributed by atoms with E-state index in [4.69, 9.17) is 0 Å². The zero-order valence-electron chi connectivity index (χ0n) is 13.0. The van der Waals surface area contributed by atoms with E-state index in [2.05, 4.69) is 12.2 Å². The number of anilines is 1. The summed E-state index contributed by atoms with van der Waals surface area (Å²) in [6.07, 6.45) is -3.77. The average Bonchev–Trinajstić information content (AvgIpc) is 2.42. The van der Waals surface area contributed by atoms with E-state index in [1.54, 1.807) is 6.07 Å². The Morgan fingerprint density at radius 1 is 1.39 bits per heavy atom. The quantitative estimate of drug-likeness (QED) is 0.833. The first-order valence-electron chi connectivity index (χ1n) is 7.59. The van der Waals surface area contributed by atoms with Crippen molar-refractivity contribution in [2.45, 2.75) is 38.0 Å². The SMILES string of the molecule is Cc1cc(C(=O)N2CC(O)(C(F)(F)F)C2)c2c(c1)C(C)CCN2. The molecule has 2 aliphatic heterocycles. The van der Waals surface area contributed by atoms with Crippen molar-refractivity contribution in [2.24, 2.45) is 0 Å². The van der Waals surface area contributed by atoms with Gasteiger partial charge < -0.3 is 15.3 Å². The molecule has 0 aromatic heterocycles. The summed E-state index contributed by atoms with van der Waals surface area (Å²) in [7, 11) is 0. The van der Waals surface area contributed by atoms with Gasteiger partial charge in [-0.3, -0.25) is 4.79 Å². The summed E-state index contributed by atoms with van der Waals surface area (Å²) in [4.78, 5) is 13.6. The van der Waals surface area contributed by atoms with Gasteiger partial charge in [0.2, 0.25) is 0 Å². The van der Waals surface area contributed by atoms with E-state index < -0.39 is 30.8 Å². The summed E-state index contributed by atoms with van der Waals surface area (Å²) in [5, 5.41) is 12.7. The molecule has 0 aliphatic carbocycles. The monoisotopic (exact) mass is 328 g/mol. The molecule has 0 bridgehead atoms. The minimum atomic E-state index is -4.72. The number of nitrogens with one attached hydrogen (secondary N) is 1. The average molecular weight is 328 g/mol. The van der Waals surface area contributed by atoms with Crippen molar-refractivity contribution in [2.75, 3.05) is 25.0 Å². The molecule has 2 aliphatic rings. The molecule has 0 saturated carbocycles. The van der Waals surface area contributed by atoms with Crippen molar-refractivity contribution in [3.8, 4) is 0 Å². The molecule has 126 valence electrons. The van der Waals surface area contributed by atoms with Crippen LogP contribution in [0.4, 0.5) is 18.9 Å². The molecule has 0 spiro atoms. The van der Waals surface area contributed by atoms with Gasteiger partial charge in [0.15, 0.2) is 5.60 Å². The van der Waals surface area contributed by atoms with E-state index in [0.29, 0.717) is 17.2 Å². The molecular weight excluding hydrogens is 309 g/mol. The van der Waals surface area contributed by atoms with Crippen LogP contribution in [0.1, 0.15) is 40.7 Å². The standard InChI is InChI=1S/C16H19F3N2O2/c1-9-5-11-10(2)3-4-20-13(11)12(6-9)14(22)21-7-15(23,8-21)16(17,18)19/h5-6,10,20,23H,3-4,7-8H2,1-2H3. The van der Waals surface area contributed by atoms with Crippen LogP contribution in [0, 0.1) is 6.92 Å². The van der Waals surface area contributed by atoms with Crippen molar-refractivity contribution in [3.63, 3.8) is 0 Å². The van der Waals surface area contributed by atoms with Crippen LogP contribution in [0.5, 0.6) is 0 Å². The van der Waals surface area contributed by atoms with Gasteiger partial charge in [-0.05, 0) is 36.5 Å². The summed E-state index contributed by atoms with van der Waals surface area (Å²) in [6.45, 7) is 3.23. The highest BCUT2D eigenvalue weighted by Crippen LogP contribution is 2.40. The fraction of sp³-hybridized carbons (Fsp3) is 0.562. The lowest BCUT2D eigenvalue weighted by Gasteiger charge is -2.47. The lowest BCUT2D eigenvalue weighted by Crippen LogP contribution is -2.70. The maximum Gasteiger partial charge on any atom is 0.420 e. The molecule has 1 fully saturated rings. The van der Waals surface area contributed by atoms with Gasteiger partial charge in [0.1, 0.15) is 0 Å². The molecule has 3 rings (SSSR count). The molecule has 1 aromatic rings. The smallest absolute Gasteiger partial charge is 0.384 e. The number of alkyl halides is 3. The number of hydrogen-bond donors (Lipinski definition) is 2. The molecule has 4 nitrogen and oxygen atoms in total. The van der Waals surface area contributed by atoms with Gasteiger partial charge in [-0.15, -0.1) is 0 Å². The summed E-state index contributed by atoms with van der Waals surface area (Å²) in [5.41, 5.74) is 0.228. The number of carbonyl (C=O) groups excluding carboxylic acids is 1. The number of benzene rings is 1. The minimum absolute atomic E-state index is 0.293. The summed E-state index contributed by atoms with van der Waals surface area (Å²) < 4.78 is 38.1. The second kappa shape index (κ2) is 5.12. The van der Waals surface area contributed by atoms with Crippen LogP contribution >= 0.6 is 0 Å². The van der Waals surface area contributed by atoms with Gasteiger partial charge in [-0.2, -0.15) is 13.2 Å². The Hall–Kier alpha value is -1.76. The Morgan fingerprint density at radius 2 is 2.04 bits per heavy atom. The first-order valence-corrected chi connectivity index (χ1v) is 7.59. The molecule has 1 unspecified atom stereocenters. The number of aliphatic hydroxyl groups is 1. The van der Waals surface area contributed by atoms with Crippen LogP contribution < -0.4 is 5.32 Å². The first kappa shape index (κ1) is 16.1. The largest absolute Gasteiger partial charge is 0.420 e. The maximum atomic E-state index is 12.7. The lowest BCUT2D eigenvalue weighted by atomic mass is 9.87. The Morgan fingerprint density at radius 3 is 2.65 bits per heavy atom. The number of fused-ring (bicyclic) bond motifs is 1. The molecule has 1 atom stereocenters. The van der Waals surface area contributed by atoms with Gasteiger partial charge in [-0.1, -0.05) is 13.0 Å². The fourth-order valence-electron chi connectivity index (χ4n) is 3.22.